The van der Waals surface area contributed by atoms with Crippen LogP contribution in [0.2, 0.25) is 0 Å². The summed E-state index contributed by atoms with van der Waals surface area (Å²) in [5, 5.41) is 0. The van der Waals surface area contributed by atoms with Gasteiger partial charge in [-0.1, -0.05) is 0 Å². The van der Waals surface area contributed by atoms with E-state index in [-0.39, 0.29) is 25.1 Å². The maximum Gasteiger partial charge on any atom is 0.326 e. The van der Waals surface area contributed by atoms with Crippen molar-refractivity contribution in [2.24, 2.45) is 0 Å². The van der Waals surface area contributed by atoms with E-state index in [2.05, 4.69) is 4.74 Å². The smallest absolute Gasteiger partial charge is 0.326 e. The molecular formula is C11H14N2O5. The molecule has 1 heterocycles. The number of carbonyl (C=O) groups excluding carboxylic acids is 2. The van der Waals surface area contributed by atoms with E-state index < -0.39 is 11.9 Å². The topological polar surface area (TPSA) is 101 Å². The Bertz CT molecular complexity index is 494. The number of methoxy groups -OCH3 is 1. The SMILES string of the molecule is COC(=O)CCOC(=O)Cn1cc(N)ccc1=O. The Labute approximate surface area is 103 Å². The number of hydrogen-bond donors (Lipinski definition) is 1. The van der Waals surface area contributed by atoms with Gasteiger partial charge in [0.25, 0.3) is 5.56 Å². The number of carbonyl (C=O) groups is 2. The number of nitrogen functional groups attached to an aromatic ring is 1. The third-order valence-corrected chi connectivity index (χ3v) is 2.10. The summed E-state index contributed by atoms with van der Waals surface area (Å²) in [6.07, 6.45) is 1.33. The monoisotopic (exact) mass is 254 g/mol. The van der Waals surface area contributed by atoms with Gasteiger partial charge in [-0.05, 0) is 6.07 Å². The number of pyridine rings is 1. The molecule has 0 spiro atoms. The maximum atomic E-state index is 11.4. The number of esters is 2. The van der Waals surface area contributed by atoms with Gasteiger partial charge in [-0.2, -0.15) is 0 Å². The van der Waals surface area contributed by atoms with Crippen LogP contribution in [0.4, 0.5) is 5.69 Å². The van der Waals surface area contributed by atoms with Gasteiger partial charge >= 0.3 is 11.9 Å². The molecule has 1 rings (SSSR count). The molecule has 0 aliphatic carbocycles. The second-order valence-corrected chi connectivity index (χ2v) is 3.48. The molecule has 1 aromatic rings. The van der Waals surface area contributed by atoms with Crippen LogP contribution in [0.3, 0.4) is 0 Å². The van der Waals surface area contributed by atoms with E-state index in [4.69, 9.17) is 10.5 Å². The Kier molecular flexibility index (Phi) is 4.91. The highest BCUT2D eigenvalue weighted by Crippen LogP contribution is 1.96. The van der Waals surface area contributed by atoms with Crippen LogP contribution >= 0.6 is 0 Å². The Morgan fingerprint density at radius 3 is 2.72 bits per heavy atom. The standard InChI is InChI=1S/C11H14N2O5/c1-17-10(15)4-5-18-11(16)7-13-6-8(12)2-3-9(13)14/h2-3,6H,4-5,7,12H2,1H3. The van der Waals surface area contributed by atoms with Crippen molar-refractivity contribution in [3.8, 4) is 0 Å². The predicted molar refractivity (Wildman–Crippen MR) is 62.7 cm³/mol. The molecule has 0 aliphatic heterocycles. The molecule has 0 atom stereocenters. The minimum absolute atomic E-state index is 0.0198. The third-order valence-electron chi connectivity index (χ3n) is 2.10. The molecule has 0 amide bonds. The van der Waals surface area contributed by atoms with E-state index >= 15 is 0 Å². The van der Waals surface area contributed by atoms with Gasteiger partial charge in [-0.15, -0.1) is 0 Å². The first-order chi connectivity index (χ1) is 8.52. The number of nitrogens with zero attached hydrogens (tertiary/aromatic N) is 1. The Balaban J connectivity index is 2.47. The number of anilines is 1. The van der Waals surface area contributed by atoms with Crippen molar-refractivity contribution < 1.29 is 19.1 Å². The molecule has 98 valence electrons. The second-order valence-electron chi connectivity index (χ2n) is 3.48. The van der Waals surface area contributed by atoms with Crippen molar-refractivity contribution in [2.75, 3.05) is 19.5 Å². The summed E-state index contributed by atoms with van der Waals surface area (Å²) in [7, 11) is 1.25. The largest absolute Gasteiger partial charge is 0.469 e. The molecule has 2 N–H and O–H groups in total. The highest BCUT2D eigenvalue weighted by Gasteiger charge is 2.07. The Morgan fingerprint density at radius 1 is 1.33 bits per heavy atom. The van der Waals surface area contributed by atoms with Gasteiger partial charge < -0.3 is 19.8 Å². The van der Waals surface area contributed by atoms with Crippen LogP contribution in [0.1, 0.15) is 6.42 Å². The molecule has 0 unspecified atom stereocenters. The van der Waals surface area contributed by atoms with Crippen LogP contribution in [0.15, 0.2) is 23.1 Å². The molecule has 0 saturated carbocycles. The zero-order chi connectivity index (χ0) is 13.5. The van der Waals surface area contributed by atoms with E-state index in [0.29, 0.717) is 5.69 Å². The summed E-state index contributed by atoms with van der Waals surface area (Å²) in [6.45, 7) is -0.326. The van der Waals surface area contributed by atoms with E-state index in [0.717, 1.165) is 4.57 Å². The zero-order valence-corrected chi connectivity index (χ0v) is 9.92. The lowest BCUT2D eigenvalue weighted by Gasteiger charge is -2.06. The molecule has 0 radical (unpaired) electrons. The van der Waals surface area contributed by atoms with Crippen LogP contribution in [0.5, 0.6) is 0 Å². The lowest BCUT2D eigenvalue weighted by atomic mass is 10.4. The van der Waals surface area contributed by atoms with Gasteiger partial charge in [-0.3, -0.25) is 14.4 Å². The normalized spacial score (nSPS) is 9.83. The fourth-order valence-electron chi connectivity index (χ4n) is 1.21. The third kappa shape index (κ3) is 4.28. The molecule has 0 fully saturated rings. The van der Waals surface area contributed by atoms with Crippen molar-refractivity contribution in [3.63, 3.8) is 0 Å². The van der Waals surface area contributed by atoms with Crippen molar-refractivity contribution in [3.05, 3.63) is 28.7 Å². The van der Waals surface area contributed by atoms with Crippen LogP contribution < -0.4 is 11.3 Å². The van der Waals surface area contributed by atoms with Crippen LogP contribution in [-0.2, 0) is 25.6 Å². The van der Waals surface area contributed by atoms with Gasteiger partial charge in [0.1, 0.15) is 13.2 Å². The summed E-state index contributed by atoms with van der Waals surface area (Å²) < 4.78 is 10.3. The average Bonchev–Trinajstić information content (AvgIpc) is 2.33. The highest BCUT2D eigenvalue weighted by molar-refractivity contribution is 5.71. The van der Waals surface area contributed by atoms with Crippen LogP contribution in [-0.4, -0.2) is 30.2 Å². The summed E-state index contributed by atoms with van der Waals surface area (Å²) in [5.41, 5.74) is 5.51. The lowest BCUT2D eigenvalue weighted by Crippen LogP contribution is -2.25. The van der Waals surface area contributed by atoms with Crippen molar-refractivity contribution in [2.45, 2.75) is 13.0 Å². The number of aromatic nitrogens is 1. The minimum atomic E-state index is -0.619. The van der Waals surface area contributed by atoms with Crippen molar-refractivity contribution >= 4 is 17.6 Å². The predicted octanol–water partition coefficient (Wildman–Crippen LogP) is -0.463. The van der Waals surface area contributed by atoms with Crippen molar-refractivity contribution in [1.29, 1.82) is 0 Å². The average molecular weight is 254 g/mol. The maximum absolute atomic E-state index is 11.4. The highest BCUT2D eigenvalue weighted by atomic mass is 16.5. The van der Waals surface area contributed by atoms with Gasteiger partial charge in [0.15, 0.2) is 0 Å². The van der Waals surface area contributed by atoms with E-state index in [1.54, 1.807) is 0 Å². The van der Waals surface area contributed by atoms with Crippen LogP contribution in [0.25, 0.3) is 0 Å². The summed E-state index contributed by atoms with van der Waals surface area (Å²) in [6, 6.07) is 2.71. The minimum Gasteiger partial charge on any atom is -0.469 e. The second kappa shape index (κ2) is 6.43. The quantitative estimate of drug-likeness (QED) is 0.713. The number of ether oxygens (including phenoxy) is 2. The molecule has 7 nitrogen and oxygen atoms in total. The molecule has 0 aliphatic rings. The molecule has 1 aromatic heterocycles. The van der Waals surface area contributed by atoms with E-state index in [1.165, 1.54) is 25.4 Å². The summed E-state index contributed by atoms with van der Waals surface area (Å²) in [5.74, 6) is -1.09. The van der Waals surface area contributed by atoms with Crippen LogP contribution in [0, 0.1) is 0 Å². The number of rotatable bonds is 5. The Hall–Kier alpha value is -2.31. The van der Waals surface area contributed by atoms with Gasteiger partial charge in [0, 0.05) is 18.0 Å². The summed E-state index contributed by atoms with van der Waals surface area (Å²) >= 11 is 0. The first-order valence-electron chi connectivity index (χ1n) is 5.21. The molecule has 18 heavy (non-hydrogen) atoms. The first-order valence-corrected chi connectivity index (χ1v) is 5.21. The molecular weight excluding hydrogens is 240 g/mol. The van der Waals surface area contributed by atoms with E-state index in [9.17, 15) is 14.4 Å². The molecule has 0 bridgehead atoms. The van der Waals surface area contributed by atoms with E-state index in [1.807, 2.05) is 0 Å². The first kappa shape index (κ1) is 13.8. The van der Waals surface area contributed by atoms with Crippen molar-refractivity contribution in [1.82, 2.24) is 4.57 Å². The Morgan fingerprint density at radius 2 is 2.06 bits per heavy atom. The molecule has 0 aromatic carbocycles. The lowest BCUT2D eigenvalue weighted by molar-refractivity contribution is -0.148. The molecule has 7 heteroatoms. The van der Waals surface area contributed by atoms with Gasteiger partial charge in [0.2, 0.25) is 0 Å². The fourth-order valence-corrected chi connectivity index (χ4v) is 1.21. The fraction of sp³-hybridized carbons (Fsp3) is 0.364. The number of hydrogen-bond acceptors (Lipinski definition) is 6. The summed E-state index contributed by atoms with van der Waals surface area (Å²) in [4.78, 5) is 33.5. The zero-order valence-electron chi connectivity index (χ0n) is 9.92. The van der Waals surface area contributed by atoms with Gasteiger partial charge in [0.05, 0.1) is 13.5 Å². The van der Waals surface area contributed by atoms with Gasteiger partial charge in [-0.25, -0.2) is 0 Å². The molecule has 0 saturated heterocycles. The number of nitrogens with two attached hydrogens (primary N) is 1.